The zero-order chi connectivity index (χ0) is 20.8. The van der Waals surface area contributed by atoms with Crippen molar-refractivity contribution in [1.29, 1.82) is 5.26 Å². The van der Waals surface area contributed by atoms with E-state index in [1.165, 1.54) is 0 Å². The van der Waals surface area contributed by atoms with Crippen LogP contribution in [0.5, 0.6) is 0 Å². The number of aromatic nitrogens is 2. The highest BCUT2D eigenvalue weighted by molar-refractivity contribution is 6.22. The monoisotopic (exact) mass is 403 g/mol. The average Bonchev–Trinajstić information content (AvgIpc) is 3.36. The zero-order valence-electron chi connectivity index (χ0n) is 16.4. The maximum absolute atomic E-state index is 13.1. The largest absolute Gasteiger partial charge is 0.467 e. The Morgan fingerprint density at radius 1 is 1.10 bits per heavy atom. The minimum Gasteiger partial charge on any atom is -0.467 e. The van der Waals surface area contributed by atoms with Crippen molar-refractivity contribution in [3.05, 3.63) is 35.3 Å². The van der Waals surface area contributed by atoms with Crippen molar-refractivity contribution < 1.29 is 9.21 Å². The van der Waals surface area contributed by atoms with Crippen LogP contribution in [0.4, 0.5) is 23.3 Å². The van der Waals surface area contributed by atoms with Crippen molar-refractivity contribution in [2.24, 2.45) is 0 Å². The quantitative estimate of drug-likeness (QED) is 0.675. The van der Waals surface area contributed by atoms with Crippen LogP contribution in [0.15, 0.2) is 22.8 Å². The number of Topliss-reactive ketones (excluding diaryl/α,β-unsaturated/α-hetero) is 1. The van der Waals surface area contributed by atoms with Crippen molar-refractivity contribution >= 4 is 39.8 Å². The van der Waals surface area contributed by atoms with Crippen LogP contribution in [0, 0.1) is 11.3 Å². The van der Waals surface area contributed by atoms with Crippen molar-refractivity contribution in [3.63, 3.8) is 0 Å². The average molecular weight is 403 g/mol. The highest BCUT2D eigenvalue weighted by Crippen LogP contribution is 2.42. The predicted octanol–water partition coefficient (Wildman–Crippen LogP) is 2.45. The second kappa shape index (κ2) is 6.91. The first-order chi connectivity index (χ1) is 14.6. The number of piperidine rings is 1. The van der Waals surface area contributed by atoms with Crippen molar-refractivity contribution in [2.75, 3.05) is 40.9 Å². The Morgan fingerprint density at radius 3 is 2.50 bits per heavy atom. The van der Waals surface area contributed by atoms with Gasteiger partial charge in [-0.15, -0.1) is 0 Å². The molecule has 9 heteroatoms. The van der Waals surface area contributed by atoms with Gasteiger partial charge in [0.15, 0.2) is 5.78 Å². The smallest absolute Gasteiger partial charge is 0.186 e. The molecule has 0 saturated carbocycles. The number of carbonyl (C=O) groups is 1. The molecule has 4 N–H and O–H groups in total. The van der Waals surface area contributed by atoms with E-state index in [1.807, 2.05) is 11.0 Å². The van der Waals surface area contributed by atoms with Gasteiger partial charge in [0.25, 0.3) is 0 Å². The van der Waals surface area contributed by atoms with Gasteiger partial charge in [-0.05, 0) is 31.4 Å². The fourth-order valence-electron chi connectivity index (χ4n) is 4.42. The van der Waals surface area contributed by atoms with E-state index >= 15 is 0 Å². The number of nitriles is 1. The number of hydrogen-bond acceptors (Lipinski definition) is 9. The van der Waals surface area contributed by atoms with Gasteiger partial charge in [-0.25, -0.2) is 9.97 Å². The summed E-state index contributed by atoms with van der Waals surface area (Å²) in [6.45, 7) is 2.11. The third-order valence-electron chi connectivity index (χ3n) is 5.77. The van der Waals surface area contributed by atoms with Gasteiger partial charge >= 0.3 is 0 Å². The van der Waals surface area contributed by atoms with Crippen LogP contribution in [0.3, 0.4) is 0 Å². The number of carbonyl (C=O) groups excluding carboxylic acids is 1. The molecular weight excluding hydrogens is 382 g/mol. The number of ketones is 1. The van der Waals surface area contributed by atoms with Crippen molar-refractivity contribution in [2.45, 2.75) is 25.8 Å². The molecule has 0 aliphatic carbocycles. The van der Waals surface area contributed by atoms with Crippen molar-refractivity contribution in [1.82, 2.24) is 9.97 Å². The Kier molecular flexibility index (Phi) is 4.20. The molecule has 9 nitrogen and oxygen atoms in total. The molecule has 3 aromatic rings. The van der Waals surface area contributed by atoms with Gasteiger partial charge in [0, 0.05) is 18.5 Å². The molecule has 0 radical (unpaired) electrons. The number of rotatable bonds is 3. The molecule has 0 spiro atoms. The Bertz CT molecular complexity index is 1190. The molecule has 5 heterocycles. The number of pyridine rings is 2. The highest BCUT2D eigenvalue weighted by atomic mass is 16.3. The van der Waals surface area contributed by atoms with Crippen molar-refractivity contribution in [3.8, 4) is 6.07 Å². The summed E-state index contributed by atoms with van der Waals surface area (Å²) in [6, 6.07) is 5.90. The van der Waals surface area contributed by atoms with Gasteiger partial charge in [0.2, 0.25) is 0 Å². The summed E-state index contributed by atoms with van der Waals surface area (Å²) in [4.78, 5) is 25.9. The number of anilines is 4. The Morgan fingerprint density at radius 2 is 1.83 bits per heavy atom. The number of furan rings is 1. The molecule has 3 aromatic heterocycles. The van der Waals surface area contributed by atoms with E-state index in [0.717, 1.165) is 32.4 Å². The Labute approximate surface area is 172 Å². The summed E-state index contributed by atoms with van der Waals surface area (Å²) in [5, 5.41) is 10.9. The molecule has 0 amide bonds. The van der Waals surface area contributed by atoms with E-state index in [0.29, 0.717) is 45.8 Å². The first kappa shape index (κ1) is 18.2. The Hall–Kier alpha value is -3.80. The van der Waals surface area contributed by atoms with Crippen LogP contribution in [0.25, 0.3) is 10.8 Å². The number of nitrogen functional groups attached to an aromatic ring is 2. The number of fused-ring (bicyclic) bond motifs is 3. The SMILES string of the molecule is N#Cc1c(N2CCCCC2)nc(N)c2c(N)nc3c(c12)C(=O)CN3Cc1ccco1. The molecule has 1 fully saturated rings. The first-order valence-electron chi connectivity index (χ1n) is 9.96. The van der Waals surface area contributed by atoms with E-state index in [1.54, 1.807) is 12.3 Å². The topological polar surface area (TPSA) is 138 Å². The summed E-state index contributed by atoms with van der Waals surface area (Å²) in [7, 11) is 0. The van der Waals surface area contributed by atoms with Gasteiger partial charge < -0.3 is 25.7 Å². The minimum absolute atomic E-state index is 0.124. The summed E-state index contributed by atoms with van der Waals surface area (Å²) in [5.74, 6) is 1.91. The molecule has 30 heavy (non-hydrogen) atoms. The summed E-state index contributed by atoms with van der Waals surface area (Å²) < 4.78 is 5.42. The zero-order valence-corrected chi connectivity index (χ0v) is 16.4. The first-order valence-corrected chi connectivity index (χ1v) is 9.96. The third-order valence-corrected chi connectivity index (χ3v) is 5.77. The van der Waals surface area contributed by atoms with Gasteiger partial charge in [-0.2, -0.15) is 5.26 Å². The molecule has 0 unspecified atom stereocenters. The lowest BCUT2D eigenvalue weighted by atomic mass is 9.99. The maximum atomic E-state index is 13.1. The number of hydrogen-bond donors (Lipinski definition) is 2. The lowest BCUT2D eigenvalue weighted by molar-refractivity contribution is 0.101. The van der Waals surface area contributed by atoms with E-state index in [9.17, 15) is 10.1 Å². The lowest BCUT2D eigenvalue weighted by Crippen LogP contribution is -2.31. The summed E-state index contributed by atoms with van der Waals surface area (Å²) >= 11 is 0. The second-order valence-corrected chi connectivity index (χ2v) is 7.66. The molecule has 2 aliphatic rings. The fraction of sp³-hybridized carbons (Fsp3) is 0.333. The highest BCUT2D eigenvalue weighted by Gasteiger charge is 2.35. The molecule has 5 rings (SSSR count). The van der Waals surface area contributed by atoms with Crippen LogP contribution in [0.1, 0.15) is 40.9 Å². The standard InChI is InChI=1S/C21H21N7O2/c22-9-13-15-16-14(29)11-28(10-12-5-4-8-30-12)21(16)26-19(24)17(15)18(23)25-20(13)27-6-2-1-3-7-27/h4-5,8H,1-3,6-7,10-11H2,(H2,23,25)(H2,24,26). The fourth-order valence-corrected chi connectivity index (χ4v) is 4.42. The summed E-state index contributed by atoms with van der Waals surface area (Å²) in [5.41, 5.74) is 13.2. The molecule has 0 aromatic carbocycles. The molecule has 1 saturated heterocycles. The van der Waals surface area contributed by atoms with E-state index < -0.39 is 0 Å². The van der Waals surface area contributed by atoms with E-state index in [2.05, 4.69) is 20.9 Å². The molecule has 2 aliphatic heterocycles. The lowest BCUT2D eigenvalue weighted by Gasteiger charge is -2.29. The van der Waals surface area contributed by atoms with E-state index in [4.69, 9.17) is 15.9 Å². The van der Waals surface area contributed by atoms with Crippen LogP contribution >= 0.6 is 0 Å². The molecule has 152 valence electrons. The van der Waals surface area contributed by atoms with Gasteiger partial charge in [-0.1, -0.05) is 0 Å². The Balaban J connectivity index is 1.75. The molecular formula is C21H21N7O2. The normalized spacial score (nSPS) is 16.2. The van der Waals surface area contributed by atoms with Gasteiger partial charge in [0.1, 0.15) is 40.7 Å². The van der Waals surface area contributed by atoms with E-state index in [-0.39, 0.29) is 24.0 Å². The minimum atomic E-state index is -0.124. The van der Waals surface area contributed by atoms with Crippen LogP contribution in [0.2, 0.25) is 0 Å². The van der Waals surface area contributed by atoms with Crippen LogP contribution < -0.4 is 21.3 Å². The third kappa shape index (κ3) is 2.72. The summed E-state index contributed by atoms with van der Waals surface area (Å²) in [6.07, 6.45) is 4.78. The van der Waals surface area contributed by atoms with Crippen LogP contribution in [-0.4, -0.2) is 35.4 Å². The van der Waals surface area contributed by atoms with Gasteiger partial charge in [0.05, 0.1) is 30.3 Å². The van der Waals surface area contributed by atoms with Gasteiger partial charge in [-0.3, -0.25) is 4.79 Å². The second-order valence-electron chi connectivity index (χ2n) is 7.66. The molecule has 0 bridgehead atoms. The predicted molar refractivity (Wildman–Crippen MR) is 113 cm³/mol. The maximum Gasteiger partial charge on any atom is 0.186 e. The molecule has 0 atom stereocenters. The number of nitrogens with zero attached hydrogens (tertiary/aromatic N) is 5. The van der Waals surface area contributed by atoms with Crippen LogP contribution in [-0.2, 0) is 6.54 Å². The number of nitrogens with two attached hydrogens (primary N) is 2.